The predicted octanol–water partition coefficient (Wildman–Crippen LogP) is 1.43. The van der Waals surface area contributed by atoms with Gasteiger partial charge in [-0.3, -0.25) is 4.84 Å². The monoisotopic (exact) mass is 159 g/mol. The lowest BCUT2D eigenvalue weighted by Gasteiger charge is -2.25. The summed E-state index contributed by atoms with van der Waals surface area (Å²) < 4.78 is 5.33. The van der Waals surface area contributed by atoms with E-state index in [-0.39, 0.29) is 6.79 Å². The van der Waals surface area contributed by atoms with Crippen molar-refractivity contribution in [2.75, 3.05) is 6.79 Å². The summed E-state index contributed by atoms with van der Waals surface area (Å²) in [5.74, 6) is 5.72. The van der Waals surface area contributed by atoms with Gasteiger partial charge in [0.1, 0.15) is 0 Å². The van der Waals surface area contributed by atoms with Crippen LogP contribution in [-0.4, -0.2) is 12.9 Å². The molecule has 0 radical (unpaired) electrons. The second kappa shape index (κ2) is 4.70. The van der Waals surface area contributed by atoms with Gasteiger partial charge in [-0.2, -0.15) is 0 Å². The predicted molar refractivity (Wildman–Crippen MR) is 42.6 cm³/mol. The Balaban J connectivity index is 2.07. The molecule has 1 fully saturated rings. The molecule has 1 saturated carbocycles. The van der Waals surface area contributed by atoms with Crippen LogP contribution in [0.15, 0.2) is 0 Å². The summed E-state index contributed by atoms with van der Waals surface area (Å²) in [6.45, 7) is 2.52. The Hall–Kier alpha value is -0.120. The van der Waals surface area contributed by atoms with Crippen LogP contribution in [0.1, 0.15) is 32.6 Å². The Labute approximate surface area is 67.8 Å². The average Bonchev–Trinajstić information content (AvgIpc) is 2.04. The van der Waals surface area contributed by atoms with E-state index in [1.807, 2.05) is 0 Å². The van der Waals surface area contributed by atoms with Crippen molar-refractivity contribution in [3.63, 3.8) is 0 Å². The smallest absolute Gasteiger partial charge is 0.166 e. The van der Waals surface area contributed by atoms with Crippen molar-refractivity contribution in [3.05, 3.63) is 0 Å². The minimum Gasteiger partial charge on any atom is -0.350 e. The third-order valence-corrected chi connectivity index (χ3v) is 2.33. The molecule has 0 atom stereocenters. The lowest BCUT2D eigenvalue weighted by Crippen LogP contribution is -2.22. The molecule has 0 unspecified atom stereocenters. The minimum absolute atomic E-state index is 0.235. The van der Waals surface area contributed by atoms with Gasteiger partial charge in [-0.1, -0.05) is 6.92 Å². The molecule has 2 N–H and O–H groups in total. The maximum absolute atomic E-state index is 5.33. The maximum Gasteiger partial charge on any atom is 0.166 e. The molecule has 3 nitrogen and oxygen atoms in total. The number of rotatable bonds is 3. The zero-order valence-electron chi connectivity index (χ0n) is 7.08. The van der Waals surface area contributed by atoms with Crippen LogP contribution in [0, 0.1) is 5.92 Å². The van der Waals surface area contributed by atoms with Gasteiger partial charge in [-0.05, 0) is 31.6 Å². The quantitative estimate of drug-likeness (QED) is 0.500. The van der Waals surface area contributed by atoms with E-state index in [1.54, 1.807) is 0 Å². The third-order valence-electron chi connectivity index (χ3n) is 2.33. The van der Waals surface area contributed by atoms with Crippen LogP contribution in [0.4, 0.5) is 0 Å². The minimum atomic E-state index is 0.235. The standard InChI is InChI=1S/C8H17NO2/c1-7-2-4-8(5-3-7)10-6-11-9/h7-8H,2-6,9H2,1H3. The summed E-state index contributed by atoms with van der Waals surface area (Å²) in [5.41, 5.74) is 0. The van der Waals surface area contributed by atoms with Crippen molar-refractivity contribution >= 4 is 0 Å². The molecule has 1 rings (SSSR count). The molecule has 0 saturated heterocycles. The van der Waals surface area contributed by atoms with Crippen molar-refractivity contribution in [3.8, 4) is 0 Å². The molecule has 0 spiro atoms. The van der Waals surface area contributed by atoms with Crippen LogP contribution >= 0.6 is 0 Å². The van der Waals surface area contributed by atoms with Crippen LogP contribution < -0.4 is 5.90 Å². The van der Waals surface area contributed by atoms with E-state index in [9.17, 15) is 0 Å². The first-order chi connectivity index (χ1) is 5.33. The van der Waals surface area contributed by atoms with Crippen LogP contribution in [0.25, 0.3) is 0 Å². The van der Waals surface area contributed by atoms with Gasteiger partial charge < -0.3 is 4.74 Å². The zero-order valence-corrected chi connectivity index (χ0v) is 7.08. The molecule has 0 aromatic carbocycles. The van der Waals surface area contributed by atoms with Gasteiger partial charge >= 0.3 is 0 Å². The van der Waals surface area contributed by atoms with Gasteiger partial charge in [0.2, 0.25) is 0 Å². The molecule has 66 valence electrons. The van der Waals surface area contributed by atoms with Gasteiger partial charge in [0.15, 0.2) is 6.79 Å². The van der Waals surface area contributed by atoms with Crippen molar-refractivity contribution in [1.82, 2.24) is 0 Å². The molecule has 0 amide bonds. The molecule has 0 aromatic heterocycles. The first-order valence-corrected chi connectivity index (χ1v) is 4.26. The van der Waals surface area contributed by atoms with Crippen molar-refractivity contribution < 1.29 is 9.57 Å². The molecule has 0 aromatic rings. The van der Waals surface area contributed by atoms with Crippen molar-refractivity contribution in [2.24, 2.45) is 11.8 Å². The van der Waals surface area contributed by atoms with E-state index in [4.69, 9.17) is 10.6 Å². The number of ether oxygens (including phenoxy) is 1. The second-order valence-corrected chi connectivity index (χ2v) is 3.33. The van der Waals surface area contributed by atoms with E-state index in [0.29, 0.717) is 6.10 Å². The van der Waals surface area contributed by atoms with Crippen molar-refractivity contribution in [2.45, 2.75) is 38.7 Å². The summed E-state index contributed by atoms with van der Waals surface area (Å²) in [6, 6.07) is 0. The highest BCUT2D eigenvalue weighted by Gasteiger charge is 2.17. The Bertz CT molecular complexity index is 97.5. The molecule has 11 heavy (non-hydrogen) atoms. The van der Waals surface area contributed by atoms with Crippen molar-refractivity contribution in [1.29, 1.82) is 0 Å². The van der Waals surface area contributed by atoms with Gasteiger partial charge in [-0.25, -0.2) is 5.90 Å². The Kier molecular flexibility index (Phi) is 3.83. The molecular weight excluding hydrogens is 142 g/mol. The largest absolute Gasteiger partial charge is 0.350 e. The van der Waals surface area contributed by atoms with E-state index in [0.717, 1.165) is 18.8 Å². The summed E-state index contributed by atoms with van der Waals surface area (Å²) in [7, 11) is 0. The van der Waals surface area contributed by atoms with Gasteiger partial charge in [0.05, 0.1) is 6.10 Å². The number of nitrogens with two attached hydrogens (primary N) is 1. The first kappa shape index (κ1) is 8.97. The lowest BCUT2D eigenvalue weighted by atomic mass is 9.89. The summed E-state index contributed by atoms with van der Waals surface area (Å²) >= 11 is 0. The van der Waals surface area contributed by atoms with E-state index in [2.05, 4.69) is 11.8 Å². The Morgan fingerprint density at radius 1 is 1.27 bits per heavy atom. The molecule has 1 aliphatic rings. The average molecular weight is 159 g/mol. The first-order valence-electron chi connectivity index (χ1n) is 4.26. The topological polar surface area (TPSA) is 44.5 Å². The Morgan fingerprint density at radius 2 is 1.91 bits per heavy atom. The molecule has 1 aliphatic carbocycles. The van der Waals surface area contributed by atoms with Gasteiger partial charge in [0.25, 0.3) is 0 Å². The van der Waals surface area contributed by atoms with Gasteiger partial charge in [0, 0.05) is 0 Å². The zero-order chi connectivity index (χ0) is 8.10. The summed E-state index contributed by atoms with van der Waals surface area (Å²) in [4.78, 5) is 4.35. The fraction of sp³-hybridized carbons (Fsp3) is 1.00. The van der Waals surface area contributed by atoms with Gasteiger partial charge in [-0.15, -0.1) is 0 Å². The fourth-order valence-electron chi connectivity index (χ4n) is 1.53. The van der Waals surface area contributed by atoms with E-state index in [1.165, 1.54) is 12.8 Å². The highest BCUT2D eigenvalue weighted by molar-refractivity contribution is 4.69. The maximum atomic E-state index is 5.33. The van der Waals surface area contributed by atoms with Crippen LogP contribution in [0.2, 0.25) is 0 Å². The highest BCUT2D eigenvalue weighted by Crippen LogP contribution is 2.25. The lowest BCUT2D eigenvalue weighted by molar-refractivity contribution is -0.103. The molecule has 0 heterocycles. The SMILES string of the molecule is CC1CCC(OCON)CC1. The third kappa shape index (κ3) is 3.18. The van der Waals surface area contributed by atoms with Crippen LogP contribution in [-0.2, 0) is 9.57 Å². The highest BCUT2D eigenvalue weighted by atomic mass is 16.7. The fourth-order valence-corrected chi connectivity index (χ4v) is 1.53. The number of hydrogen-bond donors (Lipinski definition) is 1. The Morgan fingerprint density at radius 3 is 2.45 bits per heavy atom. The number of hydrogen-bond acceptors (Lipinski definition) is 3. The van der Waals surface area contributed by atoms with E-state index < -0.39 is 0 Å². The molecule has 0 aliphatic heterocycles. The van der Waals surface area contributed by atoms with Crippen LogP contribution in [0.3, 0.4) is 0 Å². The van der Waals surface area contributed by atoms with E-state index >= 15 is 0 Å². The normalized spacial score (nSPS) is 32.2. The summed E-state index contributed by atoms with van der Waals surface area (Å²) in [5, 5.41) is 0. The molecule has 0 bridgehead atoms. The summed E-state index contributed by atoms with van der Waals surface area (Å²) in [6.07, 6.45) is 5.24. The molecule has 3 heteroatoms. The van der Waals surface area contributed by atoms with Crippen LogP contribution in [0.5, 0.6) is 0 Å². The second-order valence-electron chi connectivity index (χ2n) is 3.33. The molecular formula is C8H17NO2.